The van der Waals surface area contributed by atoms with Crippen LogP contribution in [0.4, 0.5) is 0 Å². The van der Waals surface area contributed by atoms with E-state index in [1.165, 1.54) is 0 Å². The lowest BCUT2D eigenvalue weighted by Crippen LogP contribution is -2.42. The number of hydrogen-bond donors (Lipinski definition) is 2. The summed E-state index contributed by atoms with van der Waals surface area (Å²) < 4.78 is 9.95. The molecule has 2 heterocycles. The number of hydrogen-bond acceptors (Lipinski definition) is 5. The van der Waals surface area contributed by atoms with Crippen molar-refractivity contribution in [1.82, 2.24) is 5.32 Å². The molecule has 2 saturated heterocycles. The predicted octanol–water partition coefficient (Wildman–Crippen LogP) is -1.35. The summed E-state index contributed by atoms with van der Waals surface area (Å²) in [7, 11) is 0. The molecule has 74 valence electrons. The first kappa shape index (κ1) is 8.93. The van der Waals surface area contributed by atoms with Crippen LogP contribution in [0.1, 0.15) is 6.42 Å². The van der Waals surface area contributed by atoms with Gasteiger partial charge in [-0.15, -0.1) is 0 Å². The molecule has 0 amide bonds. The van der Waals surface area contributed by atoms with Crippen molar-refractivity contribution in [2.45, 2.75) is 24.7 Å². The molecule has 0 aliphatic carbocycles. The van der Waals surface area contributed by atoms with E-state index in [1.54, 1.807) is 0 Å². The molecule has 2 aliphatic heterocycles. The summed E-state index contributed by atoms with van der Waals surface area (Å²) in [5.41, 5.74) is 0. The molecule has 2 rings (SSSR count). The molecular formula is C8H13NO4. The largest absolute Gasteiger partial charge is 0.456 e. The van der Waals surface area contributed by atoms with Crippen molar-refractivity contribution in [2.24, 2.45) is 0 Å². The Morgan fingerprint density at radius 1 is 1.54 bits per heavy atom. The van der Waals surface area contributed by atoms with Gasteiger partial charge in [0.25, 0.3) is 0 Å². The van der Waals surface area contributed by atoms with Crippen LogP contribution < -0.4 is 5.32 Å². The highest BCUT2D eigenvalue weighted by molar-refractivity contribution is 5.76. The lowest BCUT2D eigenvalue weighted by atomic mass is 10.2. The van der Waals surface area contributed by atoms with E-state index >= 15 is 0 Å². The highest BCUT2D eigenvalue weighted by atomic mass is 16.6. The van der Waals surface area contributed by atoms with E-state index in [0.717, 1.165) is 0 Å². The van der Waals surface area contributed by atoms with Crippen molar-refractivity contribution in [2.75, 3.05) is 19.8 Å². The summed E-state index contributed by atoms with van der Waals surface area (Å²) in [5, 5.41) is 12.1. The fourth-order valence-corrected chi connectivity index (χ4v) is 1.43. The fourth-order valence-electron chi connectivity index (χ4n) is 1.43. The van der Waals surface area contributed by atoms with Gasteiger partial charge in [0.1, 0.15) is 12.1 Å². The van der Waals surface area contributed by atoms with Crippen LogP contribution in [0.15, 0.2) is 0 Å². The van der Waals surface area contributed by atoms with Gasteiger partial charge in [0.2, 0.25) is 0 Å². The SMILES string of the molecule is O=C(OC1COC1)C1CC(O)CN1. The van der Waals surface area contributed by atoms with E-state index < -0.39 is 6.10 Å². The average Bonchev–Trinajstić information content (AvgIpc) is 2.44. The second kappa shape index (κ2) is 3.61. The predicted molar refractivity (Wildman–Crippen MR) is 43.1 cm³/mol. The summed E-state index contributed by atoms with van der Waals surface area (Å²) in [4.78, 5) is 11.3. The Kier molecular flexibility index (Phi) is 2.48. The molecule has 2 unspecified atom stereocenters. The first-order valence-corrected chi connectivity index (χ1v) is 4.45. The molecule has 0 radical (unpaired) electrons. The summed E-state index contributed by atoms with van der Waals surface area (Å²) >= 11 is 0. The molecule has 2 fully saturated rings. The van der Waals surface area contributed by atoms with Gasteiger partial charge in [-0.1, -0.05) is 0 Å². The summed E-state index contributed by atoms with van der Waals surface area (Å²) in [5.74, 6) is -0.273. The number of rotatable bonds is 2. The fraction of sp³-hybridized carbons (Fsp3) is 0.875. The molecule has 0 aromatic rings. The van der Waals surface area contributed by atoms with Gasteiger partial charge in [-0.05, 0) is 0 Å². The van der Waals surface area contributed by atoms with E-state index in [-0.39, 0.29) is 18.1 Å². The maximum Gasteiger partial charge on any atom is 0.323 e. The van der Waals surface area contributed by atoms with Crippen LogP contribution in [0.2, 0.25) is 0 Å². The second-order valence-electron chi connectivity index (χ2n) is 3.45. The number of carbonyl (C=O) groups excluding carboxylic acids is 1. The quantitative estimate of drug-likeness (QED) is 0.523. The third-order valence-corrected chi connectivity index (χ3v) is 2.28. The van der Waals surface area contributed by atoms with Gasteiger partial charge in [0, 0.05) is 13.0 Å². The molecule has 5 nitrogen and oxygen atoms in total. The summed E-state index contributed by atoms with van der Waals surface area (Å²) in [6, 6.07) is -0.337. The van der Waals surface area contributed by atoms with E-state index in [2.05, 4.69) is 5.32 Å². The van der Waals surface area contributed by atoms with Gasteiger partial charge in [-0.25, -0.2) is 0 Å². The monoisotopic (exact) mass is 187 g/mol. The molecule has 0 spiro atoms. The van der Waals surface area contributed by atoms with Crippen LogP contribution in [0.5, 0.6) is 0 Å². The van der Waals surface area contributed by atoms with Crippen molar-refractivity contribution in [3.05, 3.63) is 0 Å². The molecule has 2 N–H and O–H groups in total. The third-order valence-electron chi connectivity index (χ3n) is 2.28. The number of nitrogens with one attached hydrogen (secondary N) is 1. The molecule has 0 bridgehead atoms. The van der Waals surface area contributed by atoms with Gasteiger partial charge < -0.3 is 19.9 Å². The van der Waals surface area contributed by atoms with Gasteiger partial charge in [0.05, 0.1) is 19.3 Å². The van der Waals surface area contributed by atoms with Gasteiger partial charge in [-0.2, -0.15) is 0 Å². The zero-order valence-corrected chi connectivity index (χ0v) is 7.23. The molecule has 2 atom stereocenters. The first-order valence-electron chi connectivity index (χ1n) is 4.45. The zero-order chi connectivity index (χ0) is 9.26. The number of esters is 1. The Labute approximate surface area is 76.0 Å². The Morgan fingerprint density at radius 2 is 2.31 bits per heavy atom. The standard InChI is InChI=1S/C8H13NO4/c10-5-1-7(9-2-5)8(11)13-6-3-12-4-6/h5-7,9-10H,1-4H2. The van der Waals surface area contributed by atoms with E-state index in [1.807, 2.05) is 0 Å². The smallest absolute Gasteiger partial charge is 0.323 e. The van der Waals surface area contributed by atoms with Gasteiger partial charge in [0.15, 0.2) is 0 Å². The van der Waals surface area contributed by atoms with Crippen LogP contribution in [0, 0.1) is 0 Å². The minimum absolute atomic E-state index is 0.0768. The second-order valence-corrected chi connectivity index (χ2v) is 3.45. The number of aliphatic hydroxyl groups excluding tert-OH is 1. The maximum absolute atomic E-state index is 11.3. The number of ether oxygens (including phenoxy) is 2. The van der Waals surface area contributed by atoms with Crippen molar-refractivity contribution in [3.8, 4) is 0 Å². The van der Waals surface area contributed by atoms with Gasteiger partial charge in [-0.3, -0.25) is 4.79 Å². The minimum Gasteiger partial charge on any atom is -0.456 e. The summed E-state index contributed by atoms with van der Waals surface area (Å²) in [6.07, 6.45) is -0.0471. The van der Waals surface area contributed by atoms with E-state index in [4.69, 9.17) is 14.6 Å². The van der Waals surface area contributed by atoms with Crippen molar-refractivity contribution >= 4 is 5.97 Å². The number of aliphatic hydroxyl groups is 1. The molecule has 0 aromatic carbocycles. The van der Waals surface area contributed by atoms with Gasteiger partial charge >= 0.3 is 5.97 Å². The lowest BCUT2D eigenvalue weighted by Gasteiger charge is -2.26. The number of carbonyl (C=O) groups is 1. The van der Waals surface area contributed by atoms with E-state index in [9.17, 15) is 4.79 Å². The van der Waals surface area contributed by atoms with Crippen LogP contribution in [0.3, 0.4) is 0 Å². The Bertz CT molecular complexity index is 204. The van der Waals surface area contributed by atoms with Crippen molar-refractivity contribution in [1.29, 1.82) is 0 Å². The van der Waals surface area contributed by atoms with Crippen molar-refractivity contribution < 1.29 is 19.4 Å². The van der Waals surface area contributed by atoms with Crippen LogP contribution in [-0.4, -0.2) is 49.1 Å². The van der Waals surface area contributed by atoms with Crippen molar-refractivity contribution in [3.63, 3.8) is 0 Å². The molecule has 2 aliphatic rings. The highest BCUT2D eigenvalue weighted by Gasteiger charge is 2.32. The average molecular weight is 187 g/mol. The van der Waals surface area contributed by atoms with Crippen LogP contribution in [-0.2, 0) is 14.3 Å². The lowest BCUT2D eigenvalue weighted by molar-refractivity contribution is -0.174. The third kappa shape index (κ3) is 1.99. The maximum atomic E-state index is 11.3. The van der Waals surface area contributed by atoms with E-state index in [0.29, 0.717) is 26.2 Å². The highest BCUT2D eigenvalue weighted by Crippen LogP contribution is 2.12. The first-order chi connectivity index (χ1) is 6.25. The normalized spacial score (nSPS) is 34.2. The van der Waals surface area contributed by atoms with Crippen LogP contribution >= 0.6 is 0 Å². The number of β-amino-alcohol motifs (C(OH)–C–C–N with tert-alkyl or cyclic N) is 1. The minimum atomic E-state index is -0.421. The Balaban J connectivity index is 1.76. The molecular weight excluding hydrogens is 174 g/mol. The molecule has 5 heteroatoms. The van der Waals surface area contributed by atoms with Crippen LogP contribution in [0.25, 0.3) is 0 Å². The molecule has 0 aromatic heterocycles. The Hall–Kier alpha value is -0.650. The Morgan fingerprint density at radius 3 is 2.77 bits per heavy atom. The summed E-state index contributed by atoms with van der Waals surface area (Å²) in [6.45, 7) is 1.48. The molecule has 0 saturated carbocycles. The zero-order valence-electron chi connectivity index (χ0n) is 7.23. The molecule has 13 heavy (non-hydrogen) atoms. The topological polar surface area (TPSA) is 67.8 Å².